The molecule has 0 radical (unpaired) electrons. The summed E-state index contributed by atoms with van der Waals surface area (Å²) in [5.74, 6) is -0.640. The van der Waals surface area contributed by atoms with Crippen molar-refractivity contribution in [3.63, 3.8) is 0 Å². The minimum Gasteiger partial charge on any atom is -0.295 e. The van der Waals surface area contributed by atoms with Crippen molar-refractivity contribution in [2.75, 3.05) is 0 Å². The number of hydrogen-bond acceptors (Lipinski definition) is 3. The molecule has 6 heteroatoms. The number of carbonyl (C=O) groups excluding carboxylic acids is 1. The van der Waals surface area contributed by atoms with Gasteiger partial charge in [0.2, 0.25) is 0 Å². The van der Waals surface area contributed by atoms with Crippen molar-refractivity contribution in [1.29, 1.82) is 0 Å². The lowest BCUT2D eigenvalue weighted by molar-refractivity contribution is 0.0948. The first-order valence-corrected chi connectivity index (χ1v) is 7.66. The van der Waals surface area contributed by atoms with Gasteiger partial charge < -0.3 is 0 Å². The lowest BCUT2D eigenvalue weighted by Crippen LogP contribution is -2.22. The van der Waals surface area contributed by atoms with Gasteiger partial charge in [-0.15, -0.1) is 0 Å². The van der Waals surface area contributed by atoms with Gasteiger partial charge in [0.05, 0.1) is 11.4 Å². The van der Waals surface area contributed by atoms with Crippen LogP contribution in [-0.4, -0.2) is 21.0 Å². The smallest absolute Gasteiger partial charge is 0.290 e. The normalized spacial score (nSPS) is 11.7. The molecule has 0 spiro atoms. The van der Waals surface area contributed by atoms with E-state index in [1.54, 1.807) is 29.7 Å². The van der Waals surface area contributed by atoms with E-state index in [9.17, 15) is 9.18 Å². The van der Waals surface area contributed by atoms with Crippen LogP contribution in [-0.2, 0) is 0 Å². The number of fused-ring (bicyclic) bond motifs is 1. The topological polar surface area (TPSA) is 58.8 Å². The molecule has 3 aromatic rings. The quantitative estimate of drug-likeness (QED) is 0.591. The van der Waals surface area contributed by atoms with E-state index in [1.165, 1.54) is 12.1 Å². The Morgan fingerprint density at radius 3 is 2.71 bits per heavy atom. The Morgan fingerprint density at radius 1 is 1.25 bits per heavy atom. The van der Waals surface area contributed by atoms with E-state index in [0.717, 1.165) is 5.56 Å². The number of aromatic nitrogens is 2. The fourth-order valence-corrected chi connectivity index (χ4v) is 2.55. The zero-order valence-corrected chi connectivity index (χ0v) is 13.5. The first-order chi connectivity index (χ1) is 11.6. The van der Waals surface area contributed by atoms with Crippen molar-refractivity contribution in [3.05, 3.63) is 71.4 Å². The summed E-state index contributed by atoms with van der Waals surface area (Å²) in [6, 6.07) is 11.6. The van der Waals surface area contributed by atoms with E-state index >= 15 is 0 Å². The van der Waals surface area contributed by atoms with Crippen LogP contribution in [0.1, 0.15) is 35.1 Å². The third-order valence-corrected chi connectivity index (χ3v) is 3.72. The van der Waals surface area contributed by atoms with Gasteiger partial charge in [-0.3, -0.25) is 9.20 Å². The molecule has 0 bridgehead atoms. The molecule has 0 aliphatic rings. The van der Waals surface area contributed by atoms with E-state index in [2.05, 4.69) is 15.5 Å². The van der Waals surface area contributed by atoms with Gasteiger partial charge in [0.1, 0.15) is 17.2 Å². The second kappa shape index (κ2) is 6.62. The van der Waals surface area contributed by atoms with Crippen LogP contribution in [0.15, 0.2) is 53.8 Å². The summed E-state index contributed by atoms with van der Waals surface area (Å²) in [6.45, 7) is 3.71. The molecular formula is C18H17FN4O. The number of halogens is 1. The molecule has 5 nitrogen and oxygen atoms in total. The Kier molecular flexibility index (Phi) is 4.37. The lowest BCUT2D eigenvalue weighted by atomic mass is 10.1. The van der Waals surface area contributed by atoms with Gasteiger partial charge in [0.15, 0.2) is 0 Å². The molecule has 2 aromatic heterocycles. The standard InChI is InChI=1S/C18H17FN4O/c1-3-15(13-7-9-14(19)10-8-13)21-22-18(24)17-12(2)20-16-6-4-5-11-23(16)17/h4-11H,3H2,1-2H3,(H,22,24)/b21-15-. The summed E-state index contributed by atoms with van der Waals surface area (Å²) in [4.78, 5) is 16.9. The molecule has 0 aliphatic heterocycles. The number of nitrogens with zero attached hydrogens (tertiary/aromatic N) is 3. The molecule has 0 unspecified atom stereocenters. The third-order valence-electron chi connectivity index (χ3n) is 3.72. The van der Waals surface area contributed by atoms with Gasteiger partial charge in [0, 0.05) is 6.20 Å². The maximum absolute atomic E-state index is 13.0. The maximum atomic E-state index is 13.0. The van der Waals surface area contributed by atoms with E-state index in [1.807, 2.05) is 25.1 Å². The molecule has 0 saturated carbocycles. The zero-order chi connectivity index (χ0) is 17.1. The Bertz CT molecular complexity index is 912. The number of benzene rings is 1. The van der Waals surface area contributed by atoms with Crippen molar-refractivity contribution in [1.82, 2.24) is 14.8 Å². The highest BCUT2D eigenvalue weighted by atomic mass is 19.1. The molecule has 0 fully saturated rings. The van der Waals surface area contributed by atoms with Crippen LogP contribution in [0.25, 0.3) is 5.65 Å². The number of hydrogen-bond donors (Lipinski definition) is 1. The number of rotatable bonds is 4. The average molecular weight is 324 g/mol. The monoisotopic (exact) mass is 324 g/mol. The molecule has 1 N–H and O–H groups in total. The number of pyridine rings is 1. The molecule has 1 aromatic carbocycles. The summed E-state index contributed by atoms with van der Waals surface area (Å²) < 4.78 is 14.8. The van der Waals surface area contributed by atoms with E-state index < -0.39 is 0 Å². The SMILES string of the molecule is CC/C(=N/NC(=O)c1c(C)nc2ccccn12)c1ccc(F)cc1. The van der Waals surface area contributed by atoms with Crippen molar-refractivity contribution in [2.45, 2.75) is 20.3 Å². The van der Waals surface area contributed by atoms with Gasteiger partial charge >= 0.3 is 0 Å². The third kappa shape index (κ3) is 3.03. The second-order valence-corrected chi connectivity index (χ2v) is 5.33. The zero-order valence-electron chi connectivity index (χ0n) is 13.5. The molecule has 3 rings (SSSR count). The molecule has 1 amide bonds. The van der Waals surface area contributed by atoms with E-state index in [4.69, 9.17) is 0 Å². The second-order valence-electron chi connectivity index (χ2n) is 5.33. The van der Waals surface area contributed by atoms with Crippen LogP contribution in [0.4, 0.5) is 4.39 Å². The average Bonchev–Trinajstić information content (AvgIpc) is 2.92. The van der Waals surface area contributed by atoms with Crippen LogP contribution >= 0.6 is 0 Å². The number of carbonyl (C=O) groups is 1. The van der Waals surface area contributed by atoms with E-state index in [-0.39, 0.29) is 11.7 Å². The van der Waals surface area contributed by atoms with Crippen molar-refractivity contribution >= 4 is 17.3 Å². The largest absolute Gasteiger partial charge is 0.295 e. The molecule has 0 saturated heterocycles. The van der Waals surface area contributed by atoms with Crippen LogP contribution in [0.3, 0.4) is 0 Å². The van der Waals surface area contributed by atoms with Gasteiger partial charge in [-0.05, 0) is 43.2 Å². The first-order valence-electron chi connectivity index (χ1n) is 7.66. The van der Waals surface area contributed by atoms with Crippen molar-refractivity contribution in [2.24, 2.45) is 5.10 Å². The van der Waals surface area contributed by atoms with Gasteiger partial charge in [0.25, 0.3) is 5.91 Å². The van der Waals surface area contributed by atoms with Crippen molar-refractivity contribution in [3.8, 4) is 0 Å². The highest BCUT2D eigenvalue weighted by molar-refractivity contribution is 6.02. The summed E-state index contributed by atoms with van der Waals surface area (Å²) in [7, 11) is 0. The fourth-order valence-electron chi connectivity index (χ4n) is 2.55. The highest BCUT2D eigenvalue weighted by Gasteiger charge is 2.16. The molecular weight excluding hydrogens is 307 g/mol. The van der Waals surface area contributed by atoms with Crippen LogP contribution in [0, 0.1) is 12.7 Å². The number of aryl methyl sites for hydroxylation is 1. The molecule has 0 aliphatic carbocycles. The van der Waals surface area contributed by atoms with E-state index in [0.29, 0.717) is 29.2 Å². The van der Waals surface area contributed by atoms with Crippen LogP contribution < -0.4 is 5.43 Å². The Hall–Kier alpha value is -3.02. The minimum absolute atomic E-state index is 0.306. The molecule has 2 heterocycles. The lowest BCUT2D eigenvalue weighted by Gasteiger charge is -2.06. The predicted octanol–water partition coefficient (Wildman–Crippen LogP) is 3.33. The maximum Gasteiger partial charge on any atom is 0.290 e. The number of imidazole rings is 1. The van der Waals surface area contributed by atoms with Gasteiger partial charge in [-0.2, -0.15) is 5.10 Å². The van der Waals surface area contributed by atoms with Crippen LogP contribution in [0.2, 0.25) is 0 Å². The minimum atomic E-state index is -0.334. The van der Waals surface area contributed by atoms with Gasteiger partial charge in [-0.1, -0.05) is 25.1 Å². The molecule has 0 atom stereocenters. The van der Waals surface area contributed by atoms with Gasteiger partial charge in [-0.25, -0.2) is 14.8 Å². The Labute approximate surface area is 138 Å². The number of hydrazone groups is 1. The van der Waals surface area contributed by atoms with Crippen LogP contribution in [0.5, 0.6) is 0 Å². The Morgan fingerprint density at radius 2 is 2.00 bits per heavy atom. The Balaban J connectivity index is 1.87. The summed E-state index contributed by atoms with van der Waals surface area (Å²) in [6.07, 6.45) is 2.40. The fraction of sp³-hybridized carbons (Fsp3) is 0.167. The molecule has 24 heavy (non-hydrogen) atoms. The van der Waals surface area contributed by atoms with Crippen molar-refractivity contribution < 1.29 is 9.18 Å². The summed E-state index contributed by atoms with van der Waals surface area (Å²) >= 11 is 0. The predicted molar refractivity (Wildman–Crippen MR) is 90.6 cm³/mol. The first kappa shape index (κ1) is 15.9. The highest BCUT2D eigenvalue weighted by Crippen LogP contribution is 2.12. The number of amides is 1. The number of nitrogens with one attached hydrogen (secondary N) is 1. The summed E-state index contributed by atoms with van der Waals surface area (Å²) in [5.41, 5.74) is 5.81. The summed E-state index contributed by atoms with van der Waals surface area (Å²) in [5, 5.41) is 4.20. The molecule has 122 valence electrons.